The molecule has 1 fully saturated rings. The molecule has 2 aliphatic rings. The summed E-state index contributed by atoms with van der Waals surface area (Å²) in [7, 11) is -3.58. The van der Waals surface area contributed by atoms with Gasteiger partial charge in [-0.3, -0.25) is 10.1 Å². The van der Waals surface area contributed by atoms with Crippen molar-refractivity contribution in [3.8, 4) is 23.0 Å². The van der Waals surface area contributed by atoms with Gasteiger partial charge in [0.15, 0.2) is 11.5 Å². The lowest BCUT2D eigenvalue weighted by atomic mass is 10.2. The molecule has 2 aromatic carbocycles. The summed E-state index contributed by atoms with van der Waals surface area (Å²) in [6, 6.07) is 10.9. The molecule has 172 valence electrons. The summed E-state index contributed by atoms with van der Waals surface area (Å²) in [6.45, 7) is 1.20. The minimum absolute atomic E-state index is 0.0751. The monoisotopic (exact) mass is 470 g/mol. The lowest BCUT2D eigenvalue weighted by Crippen LogP contribution is -2.31. The van der Waals surface area contributed by atoms with Gasteiger partial charge in [0.2, 0.25) is 22.7 Å². The van der Waals surface area contributed by atoms with E-state index in [-0.39, 0.29) is 29.2 Å². The fourth-order valence-electron chi connectivity index (χ4n) is 3.80. The van der Waals surface area contributed by atoms with E-state index in [1.54, 1.807) is 18.2 Å². The van der Waals surface area contributed by atoms with E-state index in [0.29, 0.717) is 30.2 Å². The van der Waals surface area contributed by atoms with Gasteiger partial charge in [0, 0.05) is 24.2 Å². The predicted octanol–water partition coefficient (Wildman–Crippen LogP) is 3.28. The van der Waals surface area contributed by atoms with Crippen LogP contribution < -0.4 is 14.8 Å². The number of ether oxygens (including phenoxy) is 2. The fraction of sp³-hybridized carbons (Fsp3) is 0.318. The molecule has 3 aromatic rings. The minimum Gasteiger partial charge on any atom is -0.454 e. The van der Waals surface area contributed by atoms with Crippen molar-refractivity contribution in [2.75, 3.05) is 25.2 Å². The second-order valence-corrected chi connectivity index (χ2v) is 9.72. The number of hydrogen-bond donors (Lipinski definition) is 1. The third-order valence-electron chi connectivity index (χ3n) is 5.58. The second-order valence-electron chi connectivity index (χ2n) is 7.78. The first-order chi connectivity index (χ1) is 16.0. The van der Waals surface area contributed by atoms with Gasteiger partial charge in [-0.2, -0.15) is 4.31 Å². The predicted molar refractivity (Wildman–Crippen MR) is 117 cm³/mol. The van der Waals surface area contributed by atoms with Gasteiger partial charge in [0.25, 0.3) is 5.91 Å². The van der Waals surface area contributed by atoms with Crippen LogP contribution in [0.25, 0.3) is 11.5 Å². The van der Waals surface area contributed by atoms with Crippen molar-refractivity contribution in [2.45, 2.75) is 30.6 Å². The van der Waals surface area contributed by atoms with Crippen LogP contribution in [0.15, 0.2) is 51.8 Å². The number of rotatable bonds is 5. The normalized spacial score (nSPS) is 16.4. The zero-order valence-electron chi connectivity index (χ0n) is 17.7. The van der Waals surface area contributed by atoms with E-state index in [1.165, 1.54) is 28.6 Å². The SMILES string of the molecule is O=C(Nc1nnc(-c2ccc3c(c2)OCO3)o1)c1ccc(S(=O)(=O)N2CCCCCC2)cc1. The Kier molecular flexibility index (Phi) is 5.73. The maximum atomic E-state index is 12.9. The average molecular weight is 471 g/mol. The molecule has 0 unspecified atom stereocenters. The van der Waals surface area contributed by atoms with Crippen LogP contribution in [0.3, 0.4) is 0 Å². The number of fused-ring (bicyclic) bond motifs is 1. The number of carbonyl (C=O) groups is 1. The Morgan fingerprint density at radius 3 is 2.39 bits per heavy atom. The Hall–Kier alpha value is -3.44. The van der Waals surface area contributed by atoms with Crippen molar-refractivity contribution < 1.29 is 27.1 Å². The first-order valence-corrected chi connectivity index (χ1v) is 12.1. The molecule has 1 saturated heterocycles. The van der Waals surface area contributed by atoms with Gasteiger partial charge in [-0.25, -0.2) is 8.42 Å². The van der Waals surface area contributed by atoms with Gasteiger partial charge in [0.05, 0.1) is 4.90 Å². The molecule has 3 heterocycles. The van der Waals surface area contributed by atoms with Crippen molar-refractivity contribution >= 4 is 21.9 Å². The maximum Gasteiger partial charge on any atom is 0.322 e. The number of benzene rings is 2. The molecule has 33 heavy (non-hydrogen) atoms. The third kappa shape index (κ3) is 4.41. The molecule has 0 atom stereocenters. The molecule has 1 aromatic heterocycles. The first kappa shape index (κ1) is 21.4. The number of aromatic nitrogens is 2. The molecule has 0 radical (unpaired) electrons. The number of nitrogens with zero attached hydrogens (tertiary/aromatic N) is 3. The number of sulfonamides is 1. The molecule has 2 aliphatic heterocycles. The number of nitrogens with one attached hydrogen (secondary N) is 1. The quantitative estimate of drug-likeness (QED) is 0.602. The Labute approximate surface area is 190 Å². The zero-order valence-corrected chi connectivity index (χ0v) is 18.5. The van der Waals surface area contributed by atoms with Crippen LogP contribution >= 0.6 is 0 Å². The Morgan fingerprint density at radius 1 is 0.909 bits per heavy atom. The number of hydrogen-bond acceptors (Lipinski definition) is 8. The third-order valence-corrected chi connectivity index (χ3v) is 7.50. The van der Waals surface area contributed by atoms with Crippen molar-refractivity contribution in [1.29, 1.82) is 0 Å². The molecule has 0 bridgehead atoms. The van der Waals surface area contributed by atoms with E-state index in [4.69, 9.17) is 13.9 Å². The zero-order chi connectivity index (χ0) is 22.8. The molecule has 0 aliphatic carbocycles. The van der Waals surface area contributed by atoms with E-state index in [1.807, 2.05) is 0 Å². The maximum absolute atomic E-state index is 12.9. The van der Waals surface area contributed by atoms with Crippen molar-refractivity contribution in [3.63, 3.8) is 0 Å². The summed E-state index contributed by atoms with van der Waals surface area (Å²) in [5.41, 5.74) is 0.892. The number of carbonyl (C=O) groups excluding carboxylic acids is 1. The van der Waals surface area contributed by atoms with Crippen molar-refractivity contribution in [2.24, 2.45) is 0 Å². The molecule has 0 saturated carbocycles. The molecular weight excluding hydrogens is 448 g/mol. The minimum atomic E-state index is -3.58. The molecule has 1 N–H and O–H groups in total. The van der Waals surface area contributed by atoms with E-state index < -0.39 is 15.9 Å². The largest absolute Gasteiger partial charge is 0.454 e. The molecule has 5 rings (SSSR count). The van der Waals surface area contributed by atoms with Crippen molar-refractivity contribution in [3.05, 3.63) is 48.0 Å². The van der Waals surface area contributed by atoms with Crippen LogP contribution in [0, 0.1) is 0 Å². The van der Waals surface area contributed by atoms with Gasteiger partial charge in [-0.15, -0.1) is 5.10 Å². The summed E-state index contributed by atoms with van der Waals surface area (Å²) in [6.07, 6.45) is 3.80. The van der Waals surface area contributed by atoms with E-state index in [0.717, 1.165) is 25.7 Å². The van der Waals surface area contributed by atoms with E-state index >= 15 is 0 Å². The van der Waals surface area contributed by atoms with Crippen LogP contribution in [0.5, 0.6) is 11.5 Å². The van der Waals surface area contributed by atoms with Gasteiger partial charge in [-0.1, -0.05) is 17.9 Å². The molecule has 11 heteroatoms. The lowest BCUT2D eigenvalue weighted by molar-refractivity contribution is 0.102. The molecule has 1 amide bonds. The van der Waals surface area contributed by atoms with Gasteiger partial charge >= 0.3 is 6.01 Å². The van der Waals surface area contributed by atoms with Gasteiger partial charge in [-0.05, 0) is 55.3 Å². The van der Waals surface area contributed by atoms with Crippen molar-refractivity contribution in [1.82, 2.24) is 14.5 Å². The number of anilines is 1. The highest BCUT2D eigenvalue weighted by Gasteiger charge is 2.25. The molecular formula is C22H22N4O6S. The summed E-state index contributed by atoms with van der Waals surface area (Å²) in [5.74, 6) is 0.927. The van der Waals surface area contributed by atoms with E-state index in [2.05, 4.69) is 15.5 Å². The van der Waals surface area contributed by atoms with Crippen LogP contribution in [0.4, 0.5) is 6.01 Å². The summed E-state index contributed by atoms with van der Waals surface area (Å²) in [5, 5.41) is 10.3. The summed E-state index contributed by atoms with van der Waals surface area (Å²) in [4.78, 5) is 12.8. The Morgan fingerprint density at radius 2 is 1.64 bits per heavy atom. The van der Waals surface area contributed by atoms with Crippen LogP contribution in [-0.2, 0) is 10.0 Å². The highest BCUT2D eigenvalue weighted by atomic mass is 32.2. The lowest BCUT2D eigenvalue weighted by Gasteiger charge is -2.19. The highest BCUT2D eigenvalue weighted by Crippen LogP contribution is 2.35. The topological polar surface area (TPSA) is 124 Å². The Bertz CT molecular complexity index is 1260. The fourth-order valence-corrected chi connectivity index (χ4v) is 5.32. The summed E-state index contributed by atoms with van der Waals surface area (Å²) < 4.78 is 43.5. The van der Waals surface area contributed by atoms with Gasteiger partial charge < -0.3 is 13.9 Å². The smallest absolute Gasteiger partial charge is 0.322 e. The highest BCUT2D eigenvalue weighted by molar-refractivity contribution is 7.89. The molecule has 10 nitrogen and oxygen atoms in total. The van der Waals surface area contributed by atoms with E-state index in [9.17, 15) is 13.2 Å². The van der Waals surface area contributed by atoms with Crippen LogP contribution in [0.2, 0.25) is 0 Å². The first-order valence-electron chi connectivity index (χ1n) is 10.7. The van der Waals surface area contributed by atoms with Crippen LogP contribution in [0.1, 0.15) is 36.0 Å². The summed E-state index contributed by atoms with van der Waals surface area (Å²) >= 11 is 0. The average Bonchev–Trinajstić information content (AvgIpc) is 3.40. The van der Waals surface area contributed by atoms with Crippen LogP contribution in [-0.4, -0.2) is 48.7 Å². The standard InChI is InChI=1S/C22H22N4O6S/c27-20(15-5-8-17(9-6-15)33(28,29)26-11-3-1-2-4-12-26)23-22-25-24-21(32-22)16-7-10-18-19(13-16)31-14-30-18/h5-10,13H,1-4,11-12,14H2,(H,23,25,27). The Balaban J connectivity index is 1.27. The van der Waals surface area contributed by atoms with Gasteiger partial charge in [0.1, 0.15) is 0 Å². The molecule has 0 spiro atoms. The second kappa shape index (κ2) is 8.83. The number of amides is 1.